The lowest BCUT2D eigenvalue weighted by Gasteiger charge is -2.36. The van der Waals surface area contributed by atoms with Gasteiger partial charge in [0, 0.05) is 45.9 Å². The molecule has 0 aliphatic carbocycles. The fraction of sp³-hybridized carbons (Fsp3) is 0.750. The van der Waals surface area contributed by atoms with Gasteiger partial charge in [-0.2, -0.15) is 0 Å². The first-order valence-electron chi connectivity index (χ1n) is 20.7. The molecule has 2 aromatic heterocycles. The lowest BCUT2D eigenvalue weighted by Crippen LogP contribution is -2.43. The van der Waals surface area contributed by atoms with Crippen LogP contribution in [-0.4, -0.2) is 125 Å². The molecule has 2 aliphatic heterocycles. The van der Waals surface area contributed by atoms with Gasteiger partial charge in [0.05, 0.1) is 31.1 Å². The number of carbonyl (C=O) groups is 4. The zero-order valence-electron chi connectivity index (χ0n) is 39.5. The SMILES string of the molecule is CC(C)(C)OC(=O)N1CCn2c(c(C(=O)NCCO[Si](C)(C)C(C)(C)C)[nH]c2=O)C1.CC(C)(C)OC(=O)N1CCn2c(c(C(=O)O)[nH]c2=O)C1.CC(C)(C)[Si](C)(C)OCCN. The Morgan fingerprint density at radius 1 is 0.656 bits per heavy atom. The van der Waals surface area contributed by atoms with Crippen LogP contribution in [0.1, 0.15) is 115 Å². The van der Waals surface area contributed by atoms with E-state index in [1.54, 1.807) is 41.5 Å². The number of hydrogen-bond donors (Lipinski definition) is 5. The standard InChI is InChI=1S/C20H36N4O5Si.C12H17N3O5.C8H21NOSi/c1-19(2,3)29-18(27)23-10-11-24-14(13-23)15(22-17(24)26)16(25)21-9-12-28-30(7,8)20(4,5)6;1-12(2,3)20-11(19)14-4-5-15-7(6-14)8(9(16)17)13-10(15)18;1-8(2,3)11(4,5)10-7-6-9/h9-13H2,1-8H3,(H,21,25)(H,22,26);4-6H2,1-3H3,(H,13,18)(H,16,17);6-7,9H2,1-5H3. The Morgan fingerprint density at radius 3 is 1.39 bits per heavy atom. The van der Waals surface area contributed by atoms with Gasteiger partial charge in [-0.05, 0) is 77.8 Å². The minimum atomic E-state index is -1.89. The van der Waals surface area contributed by atoms with E-state index in [0.717, 1.165) is 0 Å². The Balaban J connectivity index is 0.000000354. The number of nitrogens with zero attached hydrogens (tertiary/aromatic N) is 4. The summed E-state index contributed by atoms with van der Waals surface area (Å²) in [6.07, 6.45) is -0.981. The van der Waals surface area contributed by atoms with E-state index in [-0.39, 0.29) is 47.7 Å². The van der Waals surface area contributed by atoms with Crippen LogP contribution in [-0.2, 0) is 44.5 Å². The van der Waals surface area contributed by atoms with E-state index >= 15 is 0 Å². The van der Waals surface area contributed by atoms with E-state index in [4.69, 9.17) is 29.2 Å². The maximum absolute atomic E-state index is 12.7. The molecule has 4 rings (SSSR count). The number of rotatable bonds is 9. The van der Waals surface area contributed by atoms with Crippen molar-refractivity contribution in [3.05, 3.63) is 43.7 Å². The lowest BCUT2D eigenvalue weighted by atomic mass is 10.2. The third kappa shape index (κ3) is 15.3. The highest BCUT2D eigenvalue weighted by Gasteiger charge is 2.38. The normalized spacial score (nSPS) is 14.7. The van der Waals surface area contributed by atoms with Crippen LogP contribution in [0.25, 0.3) is 0 Å². The van der Waals surface area contributed by atoms with Gasteiger partial charge in [-0.15, -0.1) is 0 Å². The van der Waals surface area contributed by atoms with Crippen LogP contribution in [0.3, 0.4) is 0 Å². The first-order chi connectivity index (χ1) is 27.6. The second kappa shape index (κ2) is 20.3. The summed E-state index contributed by atoms with van der Waals surface area (Å²) in [7, 11) is -3.39. The first kappa shape index (κ1) is 53.0. The molecule has 348 valence electrons. The summed E-state index contributed by atoms with van der Waals surface area (Å²) in [4.78, 5) is 79.8. The third-order valence-electron chi connectivity index (χ3n) is 10.8. The van der Waals surface area contributed by atoms with Crippen molar-refractivity contribution in [1.82, 2.24) is 34.2 Å². The molecular formula is C40H74N8O11Si2. The van der Waals surface area contributed by atoms with Crippen LogP contribution in [0.5, 0.6) is 0 Å². The molecule has 6 N–H and O–H groups in total. The van der Waals surface area contributed by atoms with Crippen molar-refractivity contribution in [2.75, 3.05) is 39.4 Å². The van der Waals surface area contributed by atoms with Gasteiger partial charge in [0.15, 0.2) is 22.3 Å². The van der Waals surface area contributed by atoms with Crippen LogP contribution in [0.2, 0.25) is 36.3 Å². The number of carboxylic acid groups (broad SMARTS) is 1. The predicted molar refractivity (Wildman–Crippen MR) is 238 cm³/mol. The summed E-state index contributed by atoms with van der Waals surface area (Å²) in [5, 5.41) is 12.3. The number of carboxylic acids is 1. The summed E-state index contributed by atoms with van der Waals surface area (Å²) >= 11 is 0. The quantitative estimate of drug-likeness (QED) is 0.160. The average molecular weight is 899 g/mol. The van der Waals surface area contributed by atoms with Gasteiger partial charge in [-0.25, -0.2) is 24.0 Å². The molecule has 2 aromatic rings. The smallest absolute Gasteiger partial charge is 0.410 e. The first-order valence-corrected chi connectivity index (χ1v) is 26.5. The summed E-state index contributed by atoms with van der Waals surface area (Å²) in [6, 6.07) is 0. The summed E-state index contributed by atoms with van der Waals surface area (Å²) < 4.78 is 25.3. The number of nitrogens with one attached hydrogen (secondary N) is 3. The molecule has 0 spiro atoms. The van der Waals surface area contributed by atoms with E-state index in [2.05, 4.69) is 83.0 Å². The molecule has 4 heterocycles. The Kier molecular flexibility index (Phi) is 17.7. The Bertz CT molecular complexity index is 1960. The van der Waals surface area contributed by atoms with Gasteiger partial charge >= 0.3 is 29.5 Å². The second-order valence-corrected chi connectivity index (χ2v) is 29.8. The molecule has 0 unspecified atom stereocenters. The maximum atomic E-state index is 12.7. The van der Waals surface area contributed by atoms with Crippen LogP contribution in [0, 0.1) is 0 Å². The molecule has 61 heavy (non-hydrogen) atoms. The van der Waals surface area contributed by atoms with E-state index in [1.807, 2.05) is 0 Å². The number of aromatic amines is 2. The summed E-state index contributed by atoms with van der Waals surface area (Å²) in [5.41, 5.74) is 4.10. The molecule has 0 atom stereocenters. The highest BCUT2D eigenvalue weighted by molar-refractivity contribution is 6.74. The van der Waals surface area contributed by atoms with Crippen LogP contribution < -0.4 is 22.4 Å². The predicted octanol–water partition coefficient (Wildman–Crippen LogP) is 5.27. The molecule has 3 amide bonds. The van der Waals surface area contributed by atoms with E-state index in [1.165, 1.54) is 18.9 Å². The molecule has 21 heteroatoms. The van der Waals surface area contributed by atoms with Gasteiger partial charge in [0.25, 0.3) is 5.91 Å². The Morgan fingerprint density at radius 2 is 1.03 bits per heavy atom. The van der Waals surface area contributed by atoms with Crippen molar-refractivity contribution in [3.63, 3.8) is 0 Å². The zero-order chi connectivity index (χ0) is 47.1. The highest BCUT2D eigenvalue weighted by Crippen LogP contribution is 2.37. The minimum Gasteiger partial charge on any atom is -0.477 e. The largest absolute Gasteiger partial charge is 0.477 e. The third-order valence-corrected chi connectivity index (χ3v) is 19.9. The lowest BCUT2D eigenvalue weighted by molar-refractivity contribution is 0.0187. The summed E-state index contributed by atoms with van der Waals surface area (Å²) in [5.74, 6) is -1.60. The van der Waals surface area contributed by atoms with Gasteiger partial charge in [-0.3, -0.25) is 18.9 Å². The van der Waals surface area contributed by atoms with Crippen molar-refractivity contribution in [1.29, 1.82) is 0 Å². The van der Waals surface area contributed by atoms with E-state index in [9.17, 15) is 28.8 Å². The monoisotopic (exact) mass is 899 g/mol. The number of amides is 3. The number of imidazole rings is 2. The fourth-order valence-electron chi connectivity index (χ4n) is 5.41. The molecule has 0 fully saturated rings. The number of fused-ring (bicyclic) bond motifs is 2. The van der Waals surface area contributed by atoms with Crippen LogP contribution in [0.15, 0.2) is 9.59 Å². The van der Waals surface area contributed by atoms with Gasteiger partial charge in [0.1, 0.15) is 16.9 Å². The molecule has 0 aromatic carbocycles. The van der Waals surface area contributed by atoms with Gasteiger partial charge in [0.2, 0.25) is 0 Å². The molecule has 2 aliphatic rings. The van der Waals surface area contributed by atoms with Gasteiger partial charge in [-0.1, -0.05) is 41.5 Å². The molecule has 19 nitrogen and oxygen atoms in total. The van der Waals surface area contributed by atoms with Crippen LogP contribution in [0.4, 0.5) is 9.59 Å². The van der Waals surface area contributed by atoms with Crippen molar-refractivity contribution < 1.29 is 42.6 Å². The topological polar surface area (TPSA) is 246 Å². The fourth-order valence-corrected chi connectivity index (χ4v) is 7.51. The van der Waals surface area contributed by atoms with E-state index < -0.39 is 51.7 Å². The Labute approximate surface area is 362 Å². The summed E-state index contributed by atoms with van der Waals surface area (Å²) in [6.45, 7) is 36.1. The zero-order valence-corrected chi connectivity index (χ0v) is 41.5. The Hall–Kier alpha value is -4.19. The highest BCUT2D eigenvalue weighted by atomic mass is 28.4. The molecule has 0 saturated carbocycles. The number of aromatic carboxylic acids is 1. The number of nitrogens with two attached hydrogens (primary N) is 1. The number of ether oxygens (including phenoxy) is 2. The number of carbonyl (C=O) groups excluding carboxylic acids is 3. The number of hydrogen-bond acceptors (Lipinski definition) is 11. The average Bonchev–Trinajstić information content (AvgIpc) is 3.62. The molecule has 0 radical (unpaired) electrons. The van der Waals surface area contributed by atoms with Gasteiger partial charge < -0.3 is 49.3 Å². The van der Waals surface area contributed by atoms with Crippen molar-refractivity contribution >= 4 is 40.7 Å². The number of H-pyrrole nitrogens is 2. The van der Waals surface area contributed by atoms with E-state index in [0.29, 0.717) is 62.4 Å². The van der Waals surface area contributed by atoms with Crippen molar-refractivity contribution in [3.8, 4) is 0 Å². The minimum absolute atomic E-state index is 0.0370. The molecular weight excluding hydrogens is 825 g/mol. The van der Waals surface area contributed by atoms with Crippen molar-refractivity contribution in [2.45, 2.75) is 157 Å². The van der Waals surface area contributed by atoms with Crippen molar-refractivity contribution in [2.24, 2.45) is 5.73 Å². The molecule has 0 saturated heterocycles. The maximum Gasteiger partial charge on any atom is 0.410 e. The number of aromatic nitrogens is 4. The van der Waals surface area contributed by atoms with Crippen LogP contribution >= 0.6 is 0 Å². The second-order valence-electron chi connectivity index (χ2n) is 20.2. The molecule has 0 bridgehead atoms.